The molecule has 1 heterocycles. The predicted molar refractivity (Wildman–Crippen MR) is 69.1 cm³/mol. The van der Waals surface area contributed by atoms with Gasteiger partial charge >= 0.3 is 0 Å². The minimum Gasteiger partial charge on any atom is -0.388 e. The Hall–Kier alpha value is -1.38. The van der Waals surface area contributed by atoms with Crippen molar-refractivity contribution in [2.45, 2.75) is 19.4 Å². The molecule has 0 fully saturated rings. The van der Waals surface area contributed by atoms with Crippen molar-refractivity contribution in [3.05, 3.63) is 64.4 Å². The molecular weight excluding hydrogens is 234 g/mol. The van der Waals surface area contributed by atoms with Gasteiger partial charge in [-0.2, -0.15) is 0 Å². The summed E-state index contributed by atoms with van der Waals surface area (Å²) >= 11 is 5.79. The molecule has 0 saturated carbocycles. The molecule has 2 nitrogen and oxygen atoms in total. The normalized spacial score (nSPS) is 12.4. The molecule has 1 unspecified atom stereocenters. The summed E-state index contributed by atoms with van der Waals surface area (Å²) in [6.45, 7) is 2.04. The molecular formula is C14H14ClNO. The average Bonchev–Trinajstić information content (AvgIpc) is 2.32. The Balaban J connectivity index is 2.11. The van der Waals surface area contributed by atoms with Crippen LogP contribution in [0.5, 0.6) is 0 Å². The zero-order valence-electron chi connectivity index (χ0n) is 9.60. The molecule has 0 bridgehead atoms. The van der Waals surface area contributed by atoms with Crippen LogP contribution >= 0.6 is 11.6 Å². The molecule has 1 atom stereocenters. The lowest BCUT2D eigenvalue weighted by atomic mass is 10.0. The summed E-state index contributed by atoms with van der Waals surface area (Å²) < 4.78 is 0. The highest BCUT2D eigenvalue weighted by Crippen LogP contribution is 2.20. The molecule has 1 N–H and O–H groups in total. The maximum absolute atomic E-state index is 10.1. The van der Waals surface area contributed by atoms with Crippen LogP contribution in [0, 0.1) is 6.92 Å². The summed E-state index contributed by atoms with van der Waals surface area (Å²) in [5.41, 5.74) is 3.12. The molecule has 1 aromatic carbocycles. The fourth-order valence-electron chi connectivity index (χ4n) is 1.69. The monoisotopic (exact) mass is 247 g/mol. The number of aliphatic hydroxyl groups excluding tert-OH is 1. The van der Waals surface area contributed by atoms with Crippen LogP contribution < -0.4 is 0 Å². The Morgan fingerprint density at radius 1 is 1.24 bits per heavy atom. The molecule has 0 amide bonds. The lowest BCUT2D eigenvalue weighted by molar-refractivity contribution is 0.178. The standard InChI is InChI=1S/C14H14ClNO/c1-10-2-4-11(5-3-10)8-13(17)12-6-7-16-14(15)9-12/h2-7,9,13,17H,8H2,1H3. The van der Waals surface area contributed by atoms with Gasteiger partial charge in [-0.15, -0.1) is 0 Å². The van der Waals surface area contributed by atoms with E-state index in [0.717, 1.165) is 11.1 Å². The lowest BCUT2D eigenvalue weighted by Gasteiger charge is -2.11. The van der Waals surface area contributed by atoms with Crippen LogP contribution in [0.4, 0.5) is 0 Å². The van der Waals surface area contributed by atoms with Gasteiger partial charge in [0.15, 0.2) is 0 Å². The number of rotatable bonds is 3. The predicted octanol–water partition coefficient (Wildman–Crippen LogP) is 3.32. The van der Waals surface area contributed by atoms with Crippen molar-refractivity contribution < 1.29 is 5.11 Å². The van der Waals surface area contributed by atoms with Gasteiger partial charge in [-0.05, 0) is 30.2 Å². The third-order valence-electron chi connectivity index (χ3n) is 2.69. The Morgan fingerprint density at radius 2 is 1.94 bits per heavy atom. The number of pyridine rings is 1. The maximum atomic E-state index is 10.1. The summed E-state index contributed by atoms with van der Waals surface area (Å²) in [6.07, 6.45) is 1.65. The van der Waals surface area contributed by atoms with Crippen LogP contribution in [-0.4, -0.2) is 10.1 Å². The van der Waals surface area contributed by atoms with E-state index in [2.05, 4.69) is 4.98 Å². The molecule has 1 aromatic heterocycles. The van der Waals surface area contributed by atoms with E-state index < -0.39 is 6.10 Å². The summed E-state index contributed by atoms with van der Waals surface area (Å²) in [5, 5.41) is 10.5. The number of aromatic nitrogens is 1. The van der Waals surface area contributed by atoms with Crippen molar-refractivity contribution in [1.29, 1.82) is 0 Å². The summed E-state index contributed by atoms with van der Waals surface area (Å²) in [7, 11) is 0. The van der Waals surface area contributed by atoms with Gasteiger partial charge in [-0.3, -0.25) is 0 Å². The van der Waals surface area contributed by atoms with Gasteiger partial charge in [0.1, 0.15) is 5.15 Å². The van der Waals surface area contributed by atoms with Crippen LogP contribution in [0.3, 0.4) is 0 Å². The van der Waals surface area contributed by atoms with E-state index in [-0.39, 0.29) is 0 Å². The van der Waals surface area contributed by atoms with Gasteiger partial charge in [0.2, 0.25) is 0 Å². The third-order valence-corrected chi connectivity index (χ3v) is 2.89. The smallest absolute Gasteiger partial charge is 0.129 e. The summed E-state index contributed by atoms with van der Waals surface area (Å²) in [6, 6.07) is 11.6. The van der Waals surface area contributed by atoms with E-state index in [1.807, 2.05) is 31.2 Å². The van der Waals surface area contributed by atoms with Crippen molar-refractivity contribution in [2.24, 2.45) is 0 Å². The highest BCUT2D eigenvalue weighted by molar-refractivity contribution is 6.29. The minimum atomic E-state index is -0.543. The highest BCUT2D eigenvalue weighted by atomic mass is 35.5. The second kappa shape index (κ2) is 5.30. The van der Waals surface area contributed by atoms with E-state index in [4.69, 9.17) is 11.6 Å². The second-order valence-electron chi connectivity index (χ2n) is 4.12. The molecule has 0 saturated heterocycles. The number of hydrogen-bond acceptors (Lipinski definition) is 2. The van der Waals surface area contributed by atoms with Crippen molar-refractivity contribution in [1.82, 2.24) is 4.98 Å². The Bertz CT molecular complexity index is 496. The SMILES string of the molecule is Cc1ccc(CC(O)c2ccnc(Cl)c2)cc1. The first-order valence-corrected chi connectivity index (χ1v) is 5.88. The molecule has 0 aliphatic rings. The van der Waals surface area contributed by atoms with Crippen LogP contribution in [0.2, 0.25) is 5.15 Å². The summed E-state index contributed by atoms with van der Waals surface area (Å²) in [5.74, 6) is 0. The number of nitrogens with zero attached hydrogens (tertiary/aromatic N) is 1. The van der Waals surface area contributed by atoms with Gasteiger partial charge in [0.05, 0.1) is 6.10 Å². The van der Waals surface area contributed by atoms with Crippen molar-refractivity contribution >= 4 is 11.6 Å². The Labute approximate surface area is 106 Å². The molecule has 0 aliphatic heterocycles. The fourth-order valence-corrected chi connectivity index (χ4v) is 1.87. The number of aryl methyl sites for hydroxylation is 1. The number of hydrogen-bond donors (Lipinski definition) is 1. The first-order valence-electron chi connectivity index (χ1n) is 5.50. The molecule has 0 spiro atoms. The van der Waals surface area contributed by atoms with Crippen molar-refractivity contribution in [2.75, 3.05) is 0 Å². The third kappa shape index (κ3) is 3.29. The van der Waals surface area contributed by atoms with Gasteiger partial charge < -0.3 is 5.11 Å². The van der Waals surface area contributed by atoms with Gasteiger partial charge in [0.25, 0.3) is 0 Å². The van der Waals surface area contributed by atoms with Gasteiger partial charge in [0, 0.05) is 12.6 Å². The van der Waals surface area contributed by atoms with Crippen LogP contribution in [0.25, 0.3) is 0 Å². The fraction of sp³-hybridized carbons (Fsp3) is 0.214. The molecule has 17 heavy (non-hydrogen) atoms. The molecule has 0 radical (unpaired) electrons. The minimum absolute atomic E-state index is 0.408. The van der Waals surface area contributed by atoms with Crippen LogP contribution in [0.15, 0.2) is 42.6 Å². The zero-order chi connectivity index (χ0) is 12.3. The second-order valence-corrected chi connectivity index (χ2v) is 4.50. The summed E-state index contributed by atoms with van der Waals surface area (Å²) in [4.78, 5) is 3.90. The first kappa shape index (κ1) is 12.1. The average molecular weight is 248 g/mol. The number of aliphatic hydroxyl groups is 1. The highest BCUT2D eigenvalue weighted by Gasteiger charge is 2.09. The van der Waals surface area contributed by atoms with Crippen LogP contribution in [-0.2, 0) is 6.42 Å². The van der Waals surface area contributed by atoms with Gasteiger partial charge in [-0.1, -0.05) is 41.4 Å². The van der Waals surface area contributed by atoms with Crippen molar-refractivity contribution in [3.8, 4) is 0 Å². The zero-order valence-corrected chi connectivity index (χ0v) is 10.4. The van der Waals surface area contributed by atoms with E-state index in [9.17, 15) is 5.11 Å². The van der Waals surface area contributed by atoms with E-state index >= 15 is 0 Å². The number of benzene rings is 1. The maximum Gasteiger partial charge on any atom is 0.129 e. The van der Waals surface area contributed by atoms with E-state index in [0.29, 0.717) is 11.6 Å². The molecule has 88 valence electrons. The lowest BCUT2D eigenvalue weighted by Crippen LogP contribution is -2.02. The van der Waals surface area contributed by atoms with E-state index in [1.54, 1.807) is 18.3 Å². The van der Waals surface area contributed by atoms with E-state index in [1.165, 1.54) is 5.56 Å². The Morgan fingerprint density at radius 3 is 2.59 bits per heavy atom. The van der Waals surface area contributed by atoms with Crippen LogP contribution in [0.1, 0.15) is 22.8 Å². The quantitative estimate of drug-likeness (QED) is 0.844. The molecule has 2 aromatic rings. The molecule has 3 heteroatoms. The Kier molecular flexibility index (Phi) is 3.77. The molecule has 2 rings (SSSR count). The van der Waals surface area contributed by atoms with Gasteiger partial charge in [-0.25, -0.2) is 4.98 Å². The largest absolute Gasteiger partial charge is 0.388 e. The topological polar surface area (TPSA) is 33.1 Å². The first-order chi connectivity index (χ1) is 8.15. The number of halogens is 1. The molecule has 0 aliphatic carbocycles. The van der Waals surface area contributed by atoms with Crippen molar-refractivity contribution in [3.63, 3.8) is 0 Å².